The first-order valence-corrected chi connectivity index (χ1v) is 7.00. The third kappa shape index (κ3) is 3.39. The molecule has 1 rings (SSSR count). The molecule has 1 unspecified atom stereocenters. The first-order chi connectivity index (χ1) is 7.60. The SMILES string of the molecule is CCCC(C)N(C)c1ccc(CCl)cc1Br. The van der Waals surface area contributed by atoms with Crippen LogP contribution in [0.4, 0.5) is 5.69 Å². The molecule has 1 nitrogen and oxygen atoms in total. The van der Waals surface area contributed by atoms with Crippen molar-refractivity contribution in [3.8, 4) is 0 Å². The molecule has 0 aliphatic carbocycles. The molecule has 1 aromatic rings. The van der Waals surface area contributed by atoms with E-state index in [2.05, 4.69) is 59.9 Å². The average Bonchev–Trinajstić information content (AvgIpc) is 2.28. The second kappa shape index (κ2) is 6.51. The highest BCUT2D eigenvalue weighted by Crippen LogP contribution is 2.29. The van der Waals surface area contributed by atoms with Crippen LogP contribution in [0.25, 0.3) is 0 Å². The first-order valence-electron chi connectivity index (χ1n) is 5.67. The van der Waals surface area contributed by atoms with Crippen molar-refractivity contribution in [2.45, 2.75) is 38.6 Å². The summed E-state index contributed by atoms with van der Waals surface area (Å²) in [6, 6.07) is 6.87. The largest absolute Gasteiger partial charge is 0.371 e. The van der Waals surface area contributed by atoms with Crippen molar-refractivity contribution in [3.05, 3.63) is 28.2 Å². The van der Waals surface area contributed by atoms with Gasteiger partial charge in [0.25, 0.3) is 0 Å². The summed E-state index contributed by atoms with van der Waals surface area (Å²) in [7, 11) is 2.14. The lowest BCUT2D eigenvalue weighted by molar-refractivity contribution is 0.615. The standard InChI is InChI=1S/C13H19BrClN/c1-4-5-10(2)16(3)13-7-6-11(9-15)8-12(13)14/h6-8,10H,4-5,9H2,1-3H3. The van der Waals surface area contributed by atoms with E-state index in [1.165, 1.54) is 18.5 Å². The molecule has 0 aliphatic rings. The van der Waals surface area contributed by atoms with Gasteiger partial charge < -0.3 is 4.90 Å². The van der Waals surface area contributed by atoms with Crippen LogP contribution in [0.2, 0.25) is 0 Å². The number of nitrogens with zero attached hydrogens (tertiary/aromatic N) is 1. The molecule has 0 aliphatic heterocycles. The third-order valence-corrected chi connectivity index (χ3v) is 3.86. The van der Waals surface area contributed by atoms with Gasteiger partial charge in [0.2, 0.25) is 0 Å². The second-order valence-corrected chi connectivity index (χ2v) is 5.29. The van der Waals surface area contributed by atoms with Gasteiger partial charge in [-0.3, -0.25) is 0 Å². The summed E-state index contributed by atoms with van der Waals surface area (Å²) < 4.78 is 1.12. The molecule has 1 aromatic carbocycles. The van der Waals surface area contributed by atoms with E-state index in [4.69, 9.17) is 11.6 Å². The van der Waals surface area contributed by atoms with Crippen LogP contribution < -0.4 is 4.90 Å². The Hall–Kier alpha value is -0.210. The summed E-state index contributed by atoms with van der Waals surface area (Å²) in [5.41, 5.74) is 2.38. The van der Waals surface area contributed by atoms with Crippen molar-refractivity contribution >= 4 is 33.2 Å². The molecular formula is C13H19BrClN. The summed E-state index contributed by atoms with van der Waals surface area (Å²) in [6.45, 7) is 4.47. The first kappa shape index (κ1) is 13.9. The van der Waals surface area contributed by atoms with Gasteiger partial charge in [0, 0.05) is 23.4 Å². The van der Waals surface area contributed by atoms with E-state index in [0.717, 1.165) is 10.0 Å². The number of benzene rings is 1. The number of hydrogen-bond acceptors (Lipinski definition) is 1. The molecule has 0 aromatic heterocycles. The highest BCUT2D eigenvalue weighted by Gasteiger charge is 2.12. The lowest BCUT2D eigenvalue weighted by Crippen LogP contribution is -2.28. The lowest BCUT2D eigenvalue weighted by Gasteiger charge is -2.28. The minimum Gasteiger partial charge on any atom is -0.371 e. The van der Waals surface area contributed by atoms with Crippen LogP contribution in [0.5, 0.6) is 0 Å². The number of rotatable bonds is 5. The van der Waals surface area contributed by atoms with E-state index in [9.17, 15) is 0 Å². The highest BCUT2D eigenvalue weighted by molar-refractivity contribution is 9.10. The van der Waals surface area contributed by atoms with Crippen molar-refractivity contribution in [2.24, 2.45) is 0 Å². The van der Waals surface area contributed by atoms with E-state index in [1.54, 1.807) is 0 Å². The van der Waals surface area contributed by atoms with Crippen LogP contribution in [0.3, 0.4) is 0 Å². The van der Waals surface area contributed by atoms with Gasteiger partial charge in [0.05, 0.1) is 5.69 Å². The molecule has 0 radical (unpaired) electrons. The van der Waals surface area contributed by atoms with E-state index < -0.39 is 0 Å². The van der Waals surface area contributed by atoms with E-state index in [0.29, 0.717) is 11.9 Å². The molecule has 0 fully saturated rings. The summed E-state index contributed by atoms with van der Waals surface area (Å²) in [4.78, 5) is 2.31. The van der Waals surface area contributed by atoms with Gasteiger partial charge >= 0.3 is 0 Å². The molecule has 0 amide bonds. The number of hydrogen-bond donors (Lipinski definition) is 0. The summed E-state index contributed by atoms with van der Waals surface area (Å²) in [5, 5.41) is 0. The lowest BCUT2D eigenvalue weighted by atomic mass is 10.1. The smallest absolute Gasteiger partial charge is 0.0510 e. The molecular weight excluding hydrogens is 286 g/mol. The normalized spacial score (nSPS) is 12.6. The Morgan fingerprint density at radius 2 is 2.12 bits per heavy atom. The molecule has 0 bridgehead atoms. The number of halogens is 2. The van der Waals surface area contributed by atoms with E-state index >= 15 is 0 Å². The molecule has 3 heteroatoms. The van der Waals surface area contributed by atoms with Crippen LogP contribution in [0, 0.1) is 0 Å². The maximum Gasteiger partial charge on any atom is 0.0510 e. The van der Waals surface area contributed by atoms with Gasteiger partial charge in [-0.2, -0.15) is 0 Å². The van der Waals surface area contributed by atoms with Gasteiger partial charge in [-0.25, -0.2) is 0 Å². The zero-order chi connectivity index (χ0) is 12.1. The van der Waals surface area contributed by atoms with Crippen LogP contribution in [-0.2, 0) is 5.88 Å². The van der Waals surface area contributed by atoms with Gasteiger partial charge in [-0.15, -0.1) is 11.6 Å². The Kier molecular flexibility index (Phi) is 5.63. The maximum atomic E-state index is 5.81. The fourth-order valence-corrected chi connectivity index (χ4v) is 2.64. The van der Waals surface area contributed by atoms with Crippen molar-refractivity contribution in [1.29, 1.82) is 0 Å². The zero-order valence-electron chi connectivity index (χ0n) is 10.1. The molecule has 0 saturated carbocycles. The Morgan fingerprint density at radius 1 is 1.44 bits per heavy atom. The van der Waals surface area contributed by atoms with Gasteiger partial charge in [-0.1, -0.05) is 19.4 Å². The number of anilines is 1. The average molecular weight is 305 g/mol. The Bertz CT molecular complexity index is 341. The predicted molar refractivity (Wildman–Crippen MR) is 76.5 cm³/mol. The van der Waals surface area contributed by atoms with Crippen LogP contribution >= 0.6 is 27.5 Å². The topological polar surface area (TPSA) is 3.24 Å². The molecule has 0 spiro atoms. The summed E-state index contributed by atoms with van der Waals surface area (Å²) in [5.74, 6) is 0.563. The van der Waals surface area contributed by atoms with Crippen LogP contribution in [-0.4, -0.2) is 13.1 Å². The van der Waals surface area contributed by atoms with Gasteiger partial charge in [0.1, 0.15) is 0 Å². The summed E-state index contributed by atoms with van der Waals surface area (Å²) in [6.07, 6.45) is 2.42. The van der Waals surface area contributed by atoms with E-state index in [1.807, 2.05) is 0 Å². The highest BCUT2D eigenvalue weighted by atomic mass is 79.9. The van der Waals surface area contributed by atoms with Crippen molar-refractivity contribution < 1.29 is 0 Å². The minimum absolute atomic E-state index is 0.558. The molecule has 0 heterocycles. The predicted octanol–water partition coefficient (Wildman–Crippen LogP) is 4.81. The van der Waals surface area contributed by atoms with Gasteiger partial charge in [0.15, 0.2) is 0 Å². The quantitative estimate of drug-likeness (QED) is 0.705. The van der Waals surface area contributed by atoms with E-state index in [-0.39, 0.29) is 0 Å². The fraction of sp³-hybridized carbons (Fsp3) is 0.538. The molecule has 0 saturated heterocycles. The fourth-order valence-electron chi connectivity index (χ4n) is 1.77. The summed E-state index contributed by atoms with van der Waals surface area (Å²) >= 11 is 9.42. The van der Waals surface area contributed by atoms with Crippen LogP contribution in [0.15, 0.2) is 22.7 Å². The maximum absolute atomic E-state index is 5.81. The molecule has 0 N–H and O–H groups in total. The van der Waals surface area contributed by atoms with Gasteiger partial charge in [-0.05, 0) is 47.0 Å². The van der Waals surface area contributed by atoms with Crippen molar-refractivity contribution in [2.75, 3.05) is 11.9 Å². The monoisotopic (exact) mass is 303 g/mol. The van der Waals surface area contributed by atoms with Crippen molar-refractivity contribution in [1.82, 2.24) is 0 Å². The molecule has 90 valence electrons. The molecule has 1 atom stereocenters. The number of alkyl halides is 1. The molecule has 16 heavy (non-hydrogen) atoms. The Labute approximate surface area is 112 Å². The second-order valence-electron chi connectivity index (χ2n) is 4.17. The minimum atomic E-state index is 0.558. The van der Waals surface area contributed by atoms with Crippen LogP contribution in [0.1, 0.15) is 32.3 Å². The van der Waals surface area contributed by atoms with Crippen molar-refractivity contribution in [3.63, 3.8) is 0 Å². The third-order valence-electron chi connectivity index (χ3n) is 2.91. The zero-order valence-corrected chi connectivity index (χ0v) is 12.5. The Morgan fingerprint density at radius 3 is 2.62 bits per heavy atom. The Balaban J connectivity index is 2.87.